The number of fused-ring (bicyclic) bond motifs is 2. The minimum atomic E-state index is -1.01. The van der Waals surface area contributed by atoms with Gasteiger partial charge in [-0.2, -0.15) is 0 Å². The van der Waals surface area contributed by atoms with Gasteiger partial charge in [-0.1, -0.05) is 161 Å². The highest BCUT2D eigenvalue weighted by Crippen LogP contribution is 2.63. The summed E-state index contributed by atoms with van der Waals surface area (Å²) in [5.74, 6) is 0. The highest BCUT2D eigenvalue weighted by molar-refractivity contribution is 7.73. The average Bonchev–Trinajstić information content (AvgIpc) is 4.01. The van der Waals surface area contributed by atoms with Crippen molar-refractivity contribution in [3.63, 3.8) is 0 Å². The molecule has 0 aromatic heterocycles. The van der Waals surface area contributed by atoms with Crippen molar-refractivity contribution < 1.29 is 56.8 Å². The minimum absolute atomic E-state index is 0.106. The van der Waals surface area contributed by atoms with Gasteiger partial charge in [-0.15, -0.1) is 0 Å². The van der Waals surface area contributed by atoms with Crippen LogP contribution in [0.25, 0.3) is 0 Å². The standard InChI is InChI=1S/C63H82O12P2/c1-5-16-50(17-6-1)46-56-60-61(73-43-39-69-31-29-65-27-15-26-64-28-30-68-38-42-72-60)57(47-51-18-7-2-8-19-51)76(56)54-24-13-14-25-55(54)77-58(48-52-20-9-3-10-21-52)62-63(59(77)49-53-22-11-4-12-23-53)75-45-41-71-37-35-67-33-32-66-34-36-70-40-44-74-62/h1-14,16-25,56-63H,15,26-49H2/t56-,57-,58-,59-,60?,61?,62?,63?,76?,77?/m0/s1. The molecule has 0 bridgehead atoms. The zero-order valence-electron chi connectivity index (χ0n) is 44.9. The van der Waals surface area contributed by atoms with E-state index in [-0.39, 0.29) is 47.1 Å². The zero-order valence-corrected chi connectivity index (χ0v) is 46.7. The topological polar surface area (TPSA) is 111 Å². The number of hydrogen-bond acceptors (Lipinski definition) is 12. The van der Waals surface area contributed by atoms with Crippen molar-refractivity contribution in [2.24, 2.45) is 0 Å². The Morgan fingerprint density at radius 1 is 0.247 bits per heavy atom. The van der Waals surface area contributed by atoms with Crippen LogP contribution in [-0.4, -0.2) is 179 Å². The Balaban J connectivity index is 1.16. The van der Waals surface area contributed by atoms with Gasteiger partial charge in [-0.05, 0) is 65.0 Å². The first-order valence-corrected chi connectivity index (χ1v) is 31.2. The normalized spacial score (nSPS) is 28.8. The number of benzene rings is 5. The fourth-order valence-corrected chi connectivity index (χ4v) is 19.6. The van der Waals surface area contributed by atoms with Crippen molar-refractivity contribution >= 4 is 26.5 Å². The molecule has 14 heteroatoms. The molecule has 0 aliphatic carbocycles. The van der Waals surface area contributed by atoms with Crippen molar-refractivity contribution in [1.29, 1.82) is 0 Å². The van der Waals surface area contributed by atoms with Crippen LogP contribution in [0.2, 0.25) is 0 Å². The van der Waals surface area contributed by atoms with Gasteiger partial charge in [0, 0.05) is 35.8 Å². The van der Waals surface area contributed by atoms with Gasteiger partial charge >= 0.3 is 0 Å². The molecule has 0 N–H and O–H groups in total. The highest BCUT2D eigenvalue weighted by Gasteiger charge is 2.56. The fourth-order valence-electron chi connectivity index (χ4n) is 11.4. The molecule has 12 nitrogen and oxygen atoms in total. The first kappa shape index (κ1) is 58.1. The number of rotatable bonds is 10. The lowest BCUT2D eigenvalue weighted by Gasteiger charge is -2.35. The highest BCUT2D eigenvalue weighted by atomic mass is 31.1. The smallest absolute Gasteiger partial charge is 0.0917 e. The summed E-state index contributed by atoms with van der Waals surface area (Å²) in [5.41, 5.74) is 5.59. The lowest BCUT2D eigenvalue weighted by Crippen LogP contribution is -2.40. The van der Waals surface area contributed by atoms with Crippen LogP contribution in [0.15, 0.2) is 146 Å². The van der Waals surface area contributed by atoms with Crippen LogP contribution < -0.4 is 10.6 Å². The third-order valence-corrected chi connectivity index (χ3v) is 21.6. The van der Waals surface area contributed by atoms with Crippen molar-refractivity contribution in [1.82, 2.24) is 0 Å². The largest absolute Gasteiger partial charge is 0.379 e. The lowest BCUT2D eigenvalue weighted by molar-refractivity contribution is -0.0933. The molecule has 4 aliphatic heterocycles. The first-order chi connectivity index (χ1) is 38.3. The van der Waals surface area contributed by atoms with Gasteiger partial charge in [-0.3, -0.25) is 0 Å². The second-order valence-corrected chi connectivity index (χ2v) is 25.2. The van der Waals surface area contributed by atoms with Gasteiger partial charge in [-0.25, -0.2) is 0 Å². The summed E-state index contributed by atoms with van der Waals surface area (Å²) < 4.78 is 77.2. The summed E-state index contributed by atoms with van der Waals surface area (Å²) in [6, 6.07) is 53.5. The molecule has 416 valence electrons. The predicted octanol–water partition coefficient (Wildman–Crippen LogP) is 8.46. The molecule has 4 fully saturated rings. The molecule has 0 amide bonds. The van der Waals surface area contributed by atoms with Gasteiger partial charge in [0.1, 0.15) is 0 Å². The quantitative estimate of drug-likeness (QED) is 0.125. The molecule has 77 heavy (non-hydrogen) atoms. The molecule has 5 aromatic rings. The van der Waals surface area contributed by atoms with Crippen LogP contribution >= 0.6 is 15.8 Å². The molecule has 8 atom stereocenters. The van der Waals surface area contributed by atoms with Crippen LogP contribution in [0, 0.1) is 0 Å². The van der Waals surface area contributed by atoms with Gasteiger partial charge in [0.15, 0.2) is 0 Å². The van der Waals surface area contributed by atoms with E-state index >= 15 is 0 Å². The van der Waals surface area contributed by atoms with Crippen molar-refractivity contribution in [2.75, 3.05) is 132 Å². The Labute approximate surface area is 460 Å². The maximum Gasteiger partial charge on any atom is 0.0917 e. The third kappa shape index (κ3) is 17.7. The molecular formula is C63H82O12P2. The molecule has 4 heterocycles. The van der Waals surface area contributed by atoms with E-state index in [1.54, 1.807) is 0 Å². The zero-order chi connectivity index (χ0) is 52.4. The van der Waals surface area contributed by atoms with Crippen LogP contribution in [0.1, 0.15) is 28.7 Å². The third-order valence-electron chi connectivity index (χ3n) is 14.8. The monoisotopic (exact) mass is 1090 g/mol. The van der Waals surface area contributed by atoms with Crippen molar-refractivity contribution in [2.45, 2.75) is 79.2 Å². The Kier molecular flexibility index (Phi) is 25.1. The van der Waals surface area contributed by atoms with E-state index in [0.717, 1.165) is 32.1 Å². The molecule has 5 aromatic carbocycles. The maximum absolute atomic E-state index is 7.29. The SMILES string of the molecule is c1ccc(C[C@H]2C3OCCOCCOCCCOCCOCCOC3[C@H](Cc3ccccc3)P2c2ccccc2P2[C@@H](Cc3ccccc3)C3OCCOCCOCCOCCOCCOC3[C@@H]2Cc2ccccc2)cc1. The Hall–Kier alpha value is -3.52. The van der Waals surface area contributed by atoms with E-state index in [9.17, 15) is 0 Å². The summed E-state index contributed by atoms with van der Waals surface area (Å²) in [4.78, 5) is 0. The summed E-state index contributed by atoms with van der Waals surface area (Å²) >= 11 is 0. The fraction of sp³-hybridized carbons (Fsp3) is 0.524. The summed E-state index contributed by atoms with van der Waals surface area (Å²) in [5, 5.41) is 2.86. The van der Waals surface area contributed by atoms with E-state index in [1.807, 2.05) is 0 Å². The van der Waals surface area contributed by atoms with E-state index in [1.165, 1.54) is 32.9 Å². The molecule has 4 unspecified atom stereocenters. The number of ether oxygens (including phenoxy) is 12. The van der Waals surface area contributed by atoms with Crippen LogP contribution in [-0.2, 0) is 82.5 Å². The van der Waals surface area contributed by atoms with E-state index in [2.05, 4.69) is 146 Å². The van der Waals surface area contributed by atoms with Gasteiger partial charge < -0.3 is 56.8 Å². The minimum Gasteiger partial charge on any atom is -0.379 e. The van der Waals surface area contributed by atoms with Crippen molar-refractivity contribution in [3.05, 3.63) is 168 Å². The van der Waals surface area contributed by atoms with E-state index < -0.39 is 15.8 Å². The second kappa shape index (κ2) is 33.3. The molecule has 0 radical (unpaired) electrons. The second-order valence-electron chi connectivity index (χ2n) is 19.9. The lowest BCUT2D eigenvalue weighted by atomic mass is 9.98. The Morgan fingerprint density at radius 2 is 0.455 bits per heavy atom. The van der Waals surface area contributed by atoms with Crippen LogP contribution in [0.4, 0.5) is 0 Å². The molecule has 4 saturated heterocycles. The average molecular weight is 1090 g/mol. The first-order valence-electron chi connectivity index (χ1n) is 28.2. The Bertz CT molecular complexity index is 2200. The maximum atomic E-state index is 7.29. The van der Waals surface area contributed by atoms with Gasteiger partial charge in [0.05, 0.1) is 143 Å². The van der Waals surface area contributed by atoms with Crippen LogP contribution in [0.3, 0.4) is 0 Å². The molecular weight excluding hydrogens is 1010 g/mol. The summed E-state index contributed by atoms with van der Waals surface area (Å²) in [6.45, 7) is 9.92. The van der Waals surface area contributed by atoms with E-state index in [4.69, 9.17) is 56.8 Å². The molecule has 0 spiro atoms. The molecule has 9 rings (SSSR count). The van der Waals surface area contributed by atoms with Gasteiger partial charge in [0.25, 0.3) is 0 Å². The Morgan fingerprint density at radius 3 is 0.701 bits per heavy atom. The summed E-state index contributed by atoms with van der Waals surface area (Å²) in [6.07, 6.45) is 3.29. The van der Waals surface area contributed by atoms with E-state index in [0.29, 0.717) is 132 Å². The number of hydrogen-bond donors (Lipinski definition) is 0. The van der Waals surface area contributed by atoms with Gasteiger partial charge in [0.2, 0.25) is 0 Å². The van der Waals surface area contributed by atoms with Crippen LogP contribution in [0.5, 0.6) is 0 Å². The predicted molar refractivity (Wildman–Crippen MR) is 305 cm³/mol. The summed E-state index contributed by atoms with van der Waals surface area (Å²) in [7, 11) is -2.01. The molecule has 0 saturated carbocycles. The molecule has 4 aliphatic rings. The van der Waals surface area contributed by atoms with Crippen molar-refractivity contribution in [3.8, 4) is 0 Å².